The van der Waals surface area contributed by atoms with Crippen LogP contribution in [-0.2, 0) is 0 Å². The van der Waals surface area contributed by atoms with E-state index in [1.807, 2.05) is 61.5 Å². The number of anilines is 1. The molecule has 1 heterocycles. The fourth-order valence-electron chi connectivity index (χ4n) is 2.78. The van der Waals surface area contributed by atoms with Gasteiger partial charge in [-0.25, -0.2) is 0 Å². The molecule has 0 fully saturated rings. The fraction of sp³-hybridized carbons (Fsp3) is 0.0526. The minimum absolute atomic E-state index is 0.342. The number of aliphatic imine (C=N–C) groups is 1. The van der Waals surface area contributed by atoms with Gasteiger partial charge in [-0.3, -0.25) is 4.57 Å². The molecular weight excluding hydrogens is 316 g/mol. The zero-order chi connectivity index (χ0) is 17.1. The Kier molecular flexibility index (Phi) is 4.26. The van der Waals surface area contributed by atoms with Crippen molar-refractivity contribution in [2.24, 2.45) is 4.99 Å². The first kappa shape index (κ1) is 15.7. The van der Waals surface area contributed by atoms with Gasteiger partial charge < -0.3 is 5.73 Å². The van der Waals surface area contributed by atoms with E-state index >= 15 is 0 Å². The minimum atomic E-state index is 0.342. The number of thiocarbonyl (C=S) groups is 1. The van der Waals surface area contributed by atoms with Crippen LogP contribution in [0.25, 0.3) is 16.8 Å². The Labute approximate surface area is 145 Å². The Balaban J connectivity index is 2.45. The zero-order valence-corrected chi connectivity index (χ0v) is 13.8. The van der Waals surface area contributed by atoms with E-state index in [4.69, 9.17) is 18.0 Å². The van der Waals surface area contributed by atoms with E-state index in [2.05, 4.69) is 16.2 Å². The van der Waals surface area contributed by atoms with Gasteiger partial charge in [-0.1, -0.05) is 48.5 Å². The Hall–Kier alpha value is -3.19. The maximum absolute atomic E-state index is 9.65. The first-order valence-electron chi connectivity index (χ1n) is 7.32. The van der Waals surface area contributed by atoms with Crippen LogP contribution in [0.3, 0.4) is 0 Å². The first-order chi connectivity index (χ1) is 11.7. The maximum Gasteiger partial charge on any atom is 0.158 e. The molecule has 1 aromatic heterocycles. The predicted octanol–water partition coefficient (Wildman–Crippen LogP) is 4.64. The number of benzene rings is 2. The molecule has 0 aliphatic heterocycles. The van der Waals surface area contributed by atoms with Crippen LogP contribution in [0.2, 0.25) is 0 Å². The molecule has 4 nitrogen and oxygen atoms in total. The summed E-state index contributed by atoms with van der Waals surface area (Å²) in [4.78, 5) is 4.23. The quantitative estimate of drug-likeness (QED) is 0.562. The van der Waals surface area contributed by atoms with E-state index in [0.29, 0.717) is 22.8 Å². The molecule has 3 aromatic rings. The van der Waals surface area contributed by atoms with E-state index in [-0.39, 0.29) is 0 Å². The standard InChI is InChI=1S/C19H14N4S/c1-13-7-5-6-10-16(13)23-18(21)15(11-20)17(19(23)22-12-24)14-8-3-2-4-9-14/h2-10H,21H2,1H3. The molecule has 116 valence electrons. The average molecular weight is 330 g/mol. The summed E-state index contributed by atoms with van der Waals surface area (Å²) in [6, 6.07) is 19.5. The summed E-state index contributed by atoms with van der Waals surface area (Å²) in [5.74, 6) is 0.856. The lowest BCUT2D eigenvalue weighted by Gasteiger charge is -2.11. The van der Waals surface area contributed by atoms with Gasteiger partial charge in [0.1, 0.15) is 17.5 Å². The number of aromatic nitrogens is 1. The van der Waals surface area contributed by atoms with E-state index in [1.54, 1.807) is 4.57 Å². The van der Waals surface area contributed by atoms with Crippen molar-refractivity contribution in [1.82, 2.24) is 4.57 Å². The number of nitrogen functional groups attached to an aromatic ring is 1. The van der Waals surface area contributed by atoms with Crippen LogP contribution in [-0.4, -0.2) is 9.73 Å². The van der Waals surface area contributed by atoms with Gasteiger partial charge in [0.25, 0.3) is 0 Å². The van der Waals surface area contributed by atoms with Gasteiger partial charge in [0, 0.05) is 5.56 Å². The number of nitriles is 1. The molecule has 24 heavy (non-hydrogen) atoms. The van der Waals surface area contributed by atoms with Crippen molar-refractivity contribution in [2.45, 2.75) is 6.92 Å². The van der Waals surface area contributed by atoms with Gasteiger partial charge >= 0.3 is 0 Å². The molecule has 0 spiro atoms. The summed E-state index contributed by atoms with van der Waals surface area (Å²) in [6.07, 6.45) is 0. The van der Waals surface area contributed by atoms with Crippen LogP contribution >= 0.6 is 12.2 Å². The summed E-state index contributed by atoms with van der Waals surface area (Å²) in [5, 5.41) is 12.1. The highest BCUT2D eigenvalue weighted by atomic mass is 32.1. The molecule has 0 radical (unpaired) electrons. The highest BCUT2D eigenvalue weighted by molar-refractivity contribution is 7.78. The number of hydrogen-bond donors (Lipinski definition) is 1. The third-order valence-corrected chi connectivity index (χ3v) is 3.96. The molecule has 3 rings (SSSR count). The number of isothiocyanates is 1. The molecule has 0 amide bonds. The van der Waals surface area contributed by atoms with Crippen molar-refractivity contribution in [2.75, 3.05) is 5.73 Å². The summed E-state index contributed by atoms with van der Waals surface area (Å²) < 4.78 is 1.76. The van der Waals surface area contributed by atoms with Crippen LogP contribution in [0.5, 0.6) is 0 Å². The van der Waals surface area contributed by atoms with Crippen LogP contribution in [0.15, 0.2) is 59.6 Å². The molecule has 0 saturated heterocycles. The summed E-state index contributed by atoms with van der Waals surface area (Å²) in [7, 11) is 0. The number of para-hydroxylation sites is 1. The molecule has 0 aliphatic carbocycles. The molecule has 5 heteroatoms. The summed E-state index contributed by atoms with van der Waals surface area (Å²) >= 11 is 4.82. The Morgan fingerprint density at radius 2 is 1.75 bits per heavy atom. The third kappa shape index (κ3) is 2.50. The second-order valence-electron chi connectivity index (χ2n) is 5.26. The van der Waals surface area contributed by atoms with Gasteiger partial charge in [0.05, 0.1) is 10.8 Å². The molecule has 0 bridgehead atoms. The van der Waals surface area contributed by atoms with Crippen molar-refractivity contribution in [3.63, 3.8) is 0 Å². The monoisotopic (exact) mass is 330 g/mol. The van der Waals surface area contributed by atoms with Crippen LogP contribution in [0.1, 0.15) is 11.1 Å². The predicted molar refractivity (Wildman–Crippen MR) is 99.8 cm³/mol. The molecule has 0 aliphatic rings. The molecule has 0 saturated carbocycles. The minimum Gasteiger partial charge on any atom is -0.384 e. The number of nitrogens with two attached hydrogens (primary N) is 1. The number of nitrogens with zero attached hydrogens (tertiary/aromatic N) is 3. The summed E-state index contributed by atoms with van der Waals surface area (Å²) in [5.41, 5.74) is 10.1. The van der Waals surface area contributed by atoms with Gasteiger partial charge in [-0.05, 0) is 36.3 Å². The Bertz CT molecular complexity index is 990. The third-order valence-electron chi connectivity index (χ3n) is 3.86. The largest absolute Gasteiger partial charge is 0.384 e. The second kappa shape index (κ2) is 6.51. The normalized spacial score (nSPS) is 10.0. The SMILES string of the molecule is Cc1ccccc1-n1c(N)c(C#N)c(-c2ccccc2)c1N=C=S. The number of hydrogen-bond acceptors (Lipinski definition) is 4. The smallest absolute Gasteiger partial charge is 0.158 e. The highest BCUT2D eigenvalue weighted by Gasteiger charge is 2.23. The van der Waals surface area contributed by atoms with Gasteiger partial charge in [0.2, 0.25) is 0 Å². The van der Waals surface area contributed by atoms with Crippen molar-refractivity contribution in [1.29, 1.82) is 5.26 Å². The molecule has 0 unspecified atom stereocenters. The average Bonchev–Trinajstić information content (AvgIpc) is 2.88. The van der Waals surface area contributed by atoms with Crippen LogP contribution in [0, 0.1) is 18.3 Å². The van der Waals surface area contributed by atoms with Gasteiger partial charge in [-0.15, -0.1) is 0 Å². The highest BCUT2D eigenvalue weighted by Crippen LogP contribution is 2.41. The maximum atomic E-state index is 9.65. The number of rotatable bonds is 3. The van der Waals surface area contributed by atoms with Gasteiger partial charge in [0.15, 0.2) is 5.82 Å². The van der Waals surface area contributed by atoms with Crippen molar-refractivity contribution in [3.8, 4) is 22.9 Å². The molecule has 0 atom stereocenters. The van der Waals surface area contributed by atoms with Crippen LogP contribution < -0.4 is 5.73 Å². The molecule has 2 aromatic carbocycles. The lowest BCUT2D eigenvalue weighted by atomic mass is 10.0. The van der Waals surface area contributed by atoms with E-state index in [0.717, 1.165) is 16.8 Å². The summed E-state index contributed by atoms with van der Waals surface area (Å²) in [6.45, 7) is 1.98. The number of aryl methyl sites for hydroxylation is 1. The Morgan fingerprint density at radius 3 is 2.38 bits per heavy atom. The topological polar surface area (TPSA) is 67.1 Å². The van der Waals surface area contributed by atoms with Crippen molar-refractivity contribution < 1.29 is 0 Å². The van der Waals surface area contributed by atoms with Crippen LogP contribution in [0.4, 0.5) is 11.6 Å². The fourth-order valence-corrected chi connectivity index (χ4v) is 2.86. The second-order valence-corrected chi connectivity index (χ2v) is 5.44. The van der Waals surface area contributed by atoms with Crippen molar-refractivity contribution in [3.05, 3.63) is 65.7 Å². The van der Waals surface area contributed by atoms with E-state index in [1.165, 1.54) is 0 Å². The van der Waals surface area contributed by atoms with E-state index in [9.17, 15) is 5.26 Å². The first-order valence-corrected chi connectivity index (χ1v) is 7.73. The molecular formula is C19H14N4S. The van der Waals surface area contributed by atoms with Gasteiger partial charge in [-0.2, -0.15) is 10.3 Å². The van der Waals surface area contributed by atoms with Crippen molar-refractivity contribution >= 4 is 29.0 Å². The zero-order valence-electron chi connectivity index (χ0n) is 13.0. The Morgan fingerprint density at radius 1 is 1.08 bits per heavy atom. The lowest BCUT2D eigenvalue weighted by molar-refractivity contribution is 1.06. The lowest BCUT2D eigenvalue weighted by Crippen LogP contribution is -2.02. The van der Waals surface area contributed by atoms with E-state index < -0.39 is 0 Å². The molecule has 2 N–H and O–H groups in total.